The van der Waals surface area contributed by atoms with Crippen LogP contribution >= 0.6 is 11.3 Å². The zero-order chi connectivity index (χ0) is 21.8. The van der Waals surface area contributed by atoms with E-state index in [9.17, 15) is 13.5 Å². The highest BCUT2D eigenvalue weighted by Crippen LogP contribution is 2.32. The first-order valence-electron chi connectivity index (χ1n) is 9.66. The van der Waals surface area contributed by atoms with Crippen molar-refractivity contribution in [3.05, 3.63) is 90.1 Å². The van der Waals surface area contributed by atoms with Crippen LogP contribution in [0.25, 0.3) is 10.6 Å². The van der Waals surface area contributed by atoms with Crippen LogP contribution in [0.2, 0.25) is 0 Å². The lowest BCUT2D eigenvalue weighted by molar-refractivity contribution is 0.199. The number of aliphatic hydroxyl groups is 1. The maximum Gasteiger partial charge on any atom is 0.227 e. The Hall–Kier alpha value is -3.07. The quantitative estimate of drug-likeness (QED) is 0.412. The highest BCUT2D eigenvalue weighted by atomic mass is 32.2. The average molecular weight is 452 g/mol. The molecule has 0 aliphatic carbocycles. The Kier molecular flexibility index (Phi) is 6.13. The number of sulfone groups is 1. The van der Waals surface area contributed by atoms with Crippen molar-refractivity contribution >= 4 is 32.8 Å². The first-order valence-corrected chi connectivity index (χ1v) is 12.1. The minimum absolute atomic E-state index is 0.0377. The summed E-state index contributed by atoms with van der Waals surface area (Å²) >= 11 is 1.19. The summed E-state index contributed by atoms with van der Waals surface area (Å²) in [5.41, 5.74) is 2.93. The van der Waals surface area contributed by atoms with Gasteiger partial charge in [0.1, 0.15) is 4.21 Å². The number of hydrogen-bond donors (Lipinski definition) is 2. The number of nitrogens with one attached hydrogen (secondary N) is 1. The van der Waals surface area contributed by atoms with E-state index < -0.39 is 15.9 Å². The van der Waals surface area contributed by atoms with Crippen LogP contribution in [-0.2, 0) is 15.6 Å². The van der Waals surface area contributed by atoms with Gasteiger partial charge in [-0.2, -0.15) is 0 Å². The lowest BCUT2D eigenvalue weighted by Crippen LogP contribution is -2.02. The van der Waals surface area contributed by atoms with Crippen molar-refractivity contribution in [2.75, 3.05) is 5.32 Å². The molecule has 2 aromatic carbocycles. The summed E-state index contributed by atoms with van der Waals surface area (Å²) < 4.78 is 25.9. The number of rotatable bonds is 7. The van der Waals surface area contributed by atoms with Gasteiger partial charge in [-0.05, 0) is 48.4 Å². The van der Waals surface area contributed by atoms with Crippen molar-refractivity contribution in [2.24, 2.45) is 0 Å². The predicted molar refractivity (Wildman–Crippen MR) is 123 cm³/mol. The summed E-state index contributed by atoms with van der Waals surface area (Å²) in [5, 5.41) is 12.9. The fourth-order valence-corrected chi connectivity index (χ4v) is 5.76. The Morgan fingerprint density at radius 3 is 2.61 bits per heavy atom. The van der Waals surface area contributed by atoms with Crippen LogP contribution in [0.4, 0.5) is 11.6 Å². The van der Waals surface area contributed by atoms with Gasteiger partial charge in [-0.15, -0.1) is 11.3 Å². The van der Waals surface area contributed by atoms with Crippen molar-refractivity contribution in [2.45, 2.75) is 23.0 Å². The fraction of sp³-hybridized carbons (Fsp3) is 0.130. The molecule has 0 fully saturated rings. The molecule has 2 heterocycles. The average Bonchev–Trinajstić information content (AvgIpc) is 3.26. The van der Waals surface area contributed by atoms with Gasteiger partial charge in [0.25, 0.3) is 0 Å². The Morgan fingerprint density at radius 2 is 1.84 bits per heavy atom. The molecule has 0 aliphatic rings. The van der Waals surface area contributed by atoms with E-state index in [-0.39, 0.29) is 5.75 Å². The van der Waals surface area contributed by atoms with Crippen LogP contribution in [0, 0.1) is 0 Å². The van der Waals surface area contributed by atoms with Gasteiger partial charge in [-0.25, -0.2) is 18.4 Å². The Morgan fingerprint density at radius 1 is 1.03 bits per heavy atom. The molecule has 1 atom stereocenters. The highest BCUT2D eigenvalue weighted by Gasteiger charge is 2.19. The largest absolute Gasteiger partial charge is 0.389 e. The molecule has 1 unspecified atom stereocenters. The SMILES string of the molecule is CC(O)c1cccc(Nc2nccc(-c3ccc(S(=O)(=O)Cc4ccccc4)s3)n2)c1. The minimum atomic E-state index is -3.44. The maximum absolute atomic E-state index is 12.8. The second-order valence-electron chi connectivity index (χ2n) is 7.06. The molecule has 2 aromatic heterocycles. The van der Waals surface area contributed by atoms with E-state index in [4.69, 9.17) is 0 Å². The summed E-state index contributed by atoms with van der Waals surface area (Å²) in [4.78, 5) is 9.52. The molecular formula is C23H21N3O3S2. The number of aliphatic hydroxyl groups excluding tert-OH is 1. The smallest absolute Gasteiger partial charge is 0.227 e. The molecule has 0 radical (unpaired) electrons. The van der Waals surface area contributed by atoms with Crippen molar-refractivity contribution < 1.29 is 13.5 Å². The zero-order valence-corrected chi connectivity index (χ0v) is 18.4. The fourth-order valence-electron chi connectivity index (χ4n) is 3.05. The van der Waals surface area contributed by atoms with Gasteiger partial charge in [0.15, 0.2) is 9.84 Å². The number of benzene rings is 2. The molecule has 0 amide bonds. The van der Waals surface area contributed by atoms with E-state index in [1.807, 2.05) is 42.5 Å². The molecule has 6 nitrogen and oxygen atoms in total. The lowest BCUT2D eigenvalue weighted by atomic mass is 10.1. The number of anilines is 2. The molecule has 0 spiro atoms. The monoisotopic (exact) mass is 451 g/mol. The number of thiophene rings is 1. The number of hydrogen-bond acceptors (Lipinski definition) is 7. The first kappa shape index (κ1) is 21.2. The molecule has 0 aliphatic heterocycles. The normalized spacial score (nSPS) is 12.5. The van der Waals surface area contributed by atoms with Gasteiger partial charge in [-0.3, -0.25) is 0 Å². The van der Waals surface area contributed by atoms with Crippen molar-refractivity contribution in [1.29, 1.82) is 0 Å². The van der Waals surface area contributed by atoms with Crippen LogP contribution in [0.15, 0.2) is 83.2 Å². The van der Waals surface area contributed by atoms with Crippen LogP contribution in [0.3, 0.4) is 0 Å². The number of aromatic nitrogens is 2. The van der Waals surface area contributed by atoms with E-state index in [2.05, 4.69) is 15.3 Å². The molecule has 4 rings (SSSR count). The molecule has 4 aromatic rings. The molecular weight excluding hydrogens is 430 g/mol. The summed E-state index contributed by atoms with van der Waals surface area (Å²) in [6, 6.07) is 21.7. The summed E-state index contributed by atoms with van der Waals surface area (Å²) in [5.74, 6) is 0.353. The predicted octanol–water partition coefficient (Wildman–Crippen LogP) is 4.98. The van der Waals surface area contributed by atoms with Gasteiger partial charge in [0.05, 0.1) is 22.4 Å². The van der Waals surface area contributed by atoms with E-state index in [1.54, 1.807) is 43.5 Å². The Balaban J connectivity index is 1.55. The van der Waals surface area contributed by atoms with Gasteiger partial charge in [-0.1, -0.05) is 42.5 Å². The topological polar surface area (TPSA) is 92.2 Å². The van der Waals surface area contributed by atoms with Gasteiger partial charge >= 0.3 is 0 Å². The molecule has 0 bridgehead atoms. The Labute approximate surface area is 185 Å². The van der Waals surface area contributed by atoms with Gasteiger partial charge < -0.3 is 10.4 Å². The second kappa shape index (κ2) is 8.97. The third-order valence-electron chi connectivity index (χ3n) is 4.62. The lowest BCUT2D eigenvalue weighted by Gasteiger charge is -2.09. The molecule has 158 valence electrons. The standard InChI is InChI=1S/C23H21N3O3S2/c1-16(27)18-8-5-9-19(14-18)25-23-24-13-12-20(26-23)21-10-11-22(30-21)31(28,29)15-17-6-3-2-4-7-17/h2-14,16,27H,15H2,1H3,(H,24,25,26). The van der Waals surface area contributed by atoms with E-state index in [1.165, 1.54) is 11.3 Å². The van der Waals surface area contributed by atoms with Crippen LogP contribution in [0.1, 0.15) is 24.2 Å². The van der Waals surface area contributed by atoms with Crippen LogP contribution < -0.4 is 5.32 Å². The van der Waals surface area contributed by atoms with Crippen molar-refractivity contribution in [3.63, 3.8) is 0 Å². The van der Waals surface area contributed by atoms with Crippen LogP contribution in [0.5, 0.6) is 0 Å². The minimum Gasteiger partial charge on any atom is -0.389 e. The molecule has 0 saturated carbocycles. The third kappa shape index (κ3) is 5.16. The van der Waals surface area contributed by atoms with Gasteiger partial charge in [0, 0.05) is 11.9 Å². The molecule has 31 heavy (non-hydrogen) atoms. The van der Waals surface area contributed by atoms with Crippen molar-refractivity contribution in [1.82, 2.24) is 9.97 Å². The van der Waals surface area contributed by atoms with Crippen molar-refractivity contribution in [3.8, 4) is 10.6 Å². The third-order valence-corrected chi connectivity index (χ3v) is 8.00. The van der Waals surface area contributed by atoms with E-state index in [0.29, 0.717) is 15.9 Å². The molecule has 8 heteroatoms. The van der Waals surface area contributed by atoms with Gasteiger partial charge in [0.2, 0.25) is 5.95 Å². The highest BCUT2D eigenvalue weighted by molar-refractivity contribution is 7.92. The van der Waals surface area contributed by atoms with E-state index in [0.717, 1.165) is 21.7 Å². The Bertz CT molecular complexity index is 1290. The first-order chi connectivity index (χ1) is 14.9. The zero-order valence-electron chi connectivity index (χ0n) is 16.8. The molecule has 0 saturated heterocycles. The summed E-state index contributed by atoms with van der Waals surface area (Å²) in [7, 11) is -3.44. The maximum atomic E-state index is 12.8. The van der Waals surface area contributed by atoms with E-state index >= 15 is 0 Å². The van der Waals surface area contributed by atoms with Crippen LogP contribution in [-0.4, -0.2) is 23.5 Å². The summed E-state index contributed by atoms with van der Waals surface area (Å²) in [6.45, 7) is 1.70. The second-order valence-corrected chi connectivity index (χ2v) is 10.4. The number of nitrogens with zero attached hydrogens (tertiary/aromatic N) is 2. The molecule has 2 N–H and O–H groups in total. The summed E-state index contributed by atoms with van der Waals surface area (Å²) in [6.07, 6.45) is 1.05.